The Morgan fingerprint density at radius 3 is 2.59 bits per heavy atom. The first kappa shape index (κ1) is 22.9. The Labute approximate surface area is 207 Å². The zero-order valence-corrected chi connectivity index (χ0v) is 20.7. The van der Waals surface area contributed by atoms with Crippen LogP contribution in [0, 0.1) is 0 Å². The standard InChI is InChI=1S/C27H27ClN2O3S/c1-2-32-22-15-18(11-14-21(22)33-16-17-9-12-19(28)13-10-17)25-29-26(31)24-20-7-5-3-4-6-8-23(20)34-27(24)30-25/h9-15H,2-8,16H2,1H3,(H,29,30,31). The molecule has 0 aliphatic heterocycles. The Hall–Kier alpha value is -2.83. The highest BCUT2D eigenvalue weighted by Crippen LogP contribution is 2.35. The summed E-state index contributed by atoms with van der Waals surface area (Å²) in [6.07, 6.45) is 6.81. The first-order chi connectivity index (χ1) is 16.6. The highest BCUT2D eigenvalue weighted by Gasteiger charge is 2.19. The summed E-state index contributed by atoms with van der Waals surface area (Å²) in [6.45, 7) is 2.84. The number of hydrogen-bond donors (Lipinski definition) is 1. The minimum Gasteiger partial charge on any atom is -0.490 e. The molecule has 2 aromatic heterocycles. The van der Waals surface area contributed by atoms with Gasteiger partial charge in [-0.1, -0.05) is 36.6 Å². The van der Waals surface area contributed by atoms with Crippen LogP contribution in [0.5, 0.6) is 11.5 Å². The van der Waals surface area contributed by atoms with Gasteiger partial charge in [0.05, 0.1) is 12.0 Å². The van der Waals surface area contributed by atoms with Crippen LogP contribution in [0.4, 0.5) is 0 Å². The molecule has 2 heterocycles. The SMILES string of the molecule is CCOc1cc(-c2nc3sc4c(c3c(=O)[nH]2)CCCCCC4)ccc1OCc1ccc(Cl)cc1. The van der Waals surface area contributed by atoms with Gasteiger partial charge in [0.15, 0.2) is 11.5 Å². The fourth-order valence-electron chi connectivity index (χ4n) is 4.44. The summed E-state index contributed by atoms with van der Waals surface area (Å²) in [5.74, 6) is 1.81. The number of fused-ring (bicyclic) bond motifs is 3. The van der Waals surface area contributed by atoms with Crippen molar-refractivity contribution >= 4 is 33.2 Å². The van der Waals surface area contributed by atoms with Crippen molar-refractivity contribution in [1.82, 2.24) is 9.97 Å². The monoisotopic (exact) mass is 494 g/mol. The van der Waals surface area contributed by atoms with Crippen LogP contribution < -0.4 is 15.0 Å². The summed E-state index contributed by atoms with van der Waals surface area (Å²) in [6, 6.07) is 13.2. The number of halogens is 1. The predicted octanol–water partition coefficient (Wildman–Crippen LogP) is 6.94. The number of ether oxygens (including phenoxy) is 2. The Bertz CT molecular complexity index is 1360. The quantitative estimate of drug-likeness (QED) is 0.315. The van der Waals surface area contributed by atoms with Crippen molar-refractivity contribution in [3.05, 3.63) is 73.8 Å². The average molecular weight is 495 g/mol. The molecule has 2 aromatic carbocycles. The van der Waals surface area contributed by atoms with Crippen LogP contribution >= 0.6 is 22.9 Å². The number of thiophene rings is 1. The van der Waals surface area contributed by atoms with Crippen molar-refractivity contribution in [2.45, 2.75) is 52.1 Å². The first-order valence-electron chi connectivity index (χ1n) is 11.8. The number of H-pyrrole nitrogens is 1. The number of nitrogens with zero attached hydrogens (tertiary/aromatic N) is 1. The largest absolute Gasteiger partial charge is 0.490 e. The summed E-state index contributed by atoms with van der Waals surface area (Å²) in [5, 5.41) is 1.47. The number of aromatic amines is 1. The van der Waals surface area contributed by atoms with Gasteiger partial charge < -0.3 is 14.5 Å². The van der Waals surface area contributed by atoms with E-state index in [1.807, 2.05) is 49.4 Å². The van der Waals surface area contributed by atoms with E-state index in [0.717, 1.165) is 40.6 Å². The van der Waals surface area contributed by atoms with Crippen molar-refractivity contribution in [2.75, 3.05) is 6.61 Å². The zero-order valence-electron chi connectivity index (χ0n) is 19.2. The highest BCUT2D eigenvalue weighted by molar-refractivity contribution is 7.18. The molecule has 0 radical (unpaired) electrons. The van der Waals surface area contributed by atoms with E-state index >= 15 is 0 Å². The molecule has 0 bridgehead atoms. The Kier molecular flexibility index (Phi) is 6.88. The van der Waals surface area contributed by atoms with E-state index in [1.54, 1.807) is 11.3 Å². The third-order valence-corrected chi connectivity index (χ3v) is 7.59. The molecule has 0 amide bonds. The minimum atomic E-state index is -0.0564. The van der Waals surface area contributed by atoms with E-state index in [-0.39, 0.29) is 5.56 Å². The van der Waals surface area contributed by atoms with E-state index in [2.05, 4.69) is 4.98 Å². The number of hydrogen-bond acceptors (Lipinski definition) is 5. The van der Waals surface area contributed by atoms with Crippen LogP contribution in [0.25, 0.3) is 21.6 Å². The molecule has 1 aliphatic rings. The van der Waals surface area contributed by atoms with E-state index in [9.17, 15) is 4.79 Å². The summed E-state index contributed by atoms with van der Waals surface area (Å²) in [5.41, 5.74) is 2.96. The molecule has 0 atom stereocenters. The van der Waals surface area contributed by atoms with Gasteiger partial charge in [0.2, 0.25) is 0 Å². The molecular formula is C27H27ClN2O3S. The molecule has 1 aliphatic carbocycles. The van der Waals surface area contributed by atoms with Crippen molar-refractivity contribution in [3.8, 4) is 22.9 Å². The summed E-state index contributed by atoms with van der Waals surface area (Å²) >= 11 is 7.64. The predicted molar refractivity (Wildman–Crippen MR) is 139 cm³/mol. The minimum absolute atomic E-state index is 0.0564. The van der Waals surface area contributed by atoms with Crippen LogP contribution in [0.2, 0.25) is 5.02 Å². The molecule has 4 aromatic rings. The van der Waals surface area contributed by atoms with E-state index < -0.39 is 0 Å². The van der Waals surface area contributed by atoms with Gasteiger partial charge in [-0.05, 0) is 74.1 Å². The lowest BCUT2D eigenvalue weighted by Crippen LogP contribution is -2.10. The van der Waals surface area contributed by atoms with Crippen molar-refractivity contribution in [1.29, 1.82) is 0 Å². The lowest BCUT2D eigenvalue weighted by Gasteiger charge is -2.13. The number of aryl methyl sites for hydroxylation is 2. The van der Waals surface area contributed by atoms with Crippen molar-refractivity contribution in [2.24, 2.45) is 0 Å². The van der Waals surface area contributed by atoms with E-state index in [0.29, 0.717) is 35.6 Å². The first-order valence-corrected chi connectivity index (χ1v) is 13.0. The van der Waals surface area contributed by atoms with Crippen LogP contribution in [-0.2, 0) is 19.4 Å². The molecule has 176 valence electrons. The van der Waals surface area contributed by atoms with Crippen LogP contribution in [0.1, 0.15) is 48.6 Å². The van der Waals surface area contributed by atoms with Gasteiger partial charge in [-0.25, -0.2) is 4.98 Å². The number of benzene rings is 2. The molecule has 0 spiro atoms. The zero-order chi connectivity index (χ0) is 23.5. The second-order valence-corrected chi connectivity index (χ2v) is 10.0. The van der Waals surface area contributed by atoms with Crippen molar-refractivity contribution < 1.29 is 9.47 Å². The third-order valence-electron chi connectivity index (χ3n) is 6.15. The molecule has 5 rings (SSSR count). The van der Waals surface area contributed by atoms with E-state index in [4.69, 9.17) is 26.1 Å². The van der Waals surface area contributed by atoms with Gasteiger partial charge in [0, 0.05) is 15.5 Å². The maximum absolute atomic E-state index is 13.1. The number of aromatic nitrogens is 2. The van der Waals surface area contributed by atoms with Crippen LogP contribution in [-0.4, -0.2) is 16.6 Å². The third kappa shape index (κ3) is 4.84. The van der Waals surface area contributed by atoms with Crippen molar-refractivity contribution in [3.63, 3.8) is 0 Å². The Morgan fingerprint density at radius 1 is 1.00 bits per heavy atom. The normalized spacial score (nSPS) is 13.8. The topological polar surface area (TPSA) is 64.2 Å². The fraction of sp³-hybridized carbons (Fsp3) is 0.333. The van der Waals surface area contributed by atoms with Crippen LogP contribution in [0.15, 0.2) is 47.3 Å². The summed E-state index contributed by atoms with van der Waals surface area (Å²) in [4.78, 5) is 23.1. The maximum atomic E-state index is 13.1. The molecule has 7 heteroatoms. The van der Waals surface area contributed by atoms with Gasteiger partial charge in [0.25, 0.3) is 5.56 Å². The molecule has 1 N–H and O–H groups in total. The van der Waals surface area contributed by atoms with Crippen LogP contribution in [0.3, 0.4) is 0 Å². The number of rotatable bonds is 6. The maximum Gasteiger partial charge on any atom is 0.260 e. The molecule has 0 unspecified atom stereocenters. The Balaban J connectivity index is 1.46. The second kappa shape index (κ2) is 10.2. The van der Waals surface area contributed by atoms with Gasteiger partial charge in [-0.2, -0.15) is 0 Å². The van der Waals surface area contributed by atoms with Gasteiger partial charge in [-0.15, -0.1) is 11.3 Å². The smallest absolute Gasteiger partial charge is 0.260 e. The average Bonchev–Trinajstić information content (AvgIpc) is 3.16. The molecule has 0 saturated heterocycles. The van der Waals surface area contributed by atoms with Gasteiger partial charge >= 0.3 is 0 Å². The molecule has 0 saturated carbocycles. The molecule has 0 fully saturated rings. The number of nitrogens with one attached hydrogen (secondary N) is 1. The van der Waals surface area contributed by atoms with Gasteiger partial charge in [-0.3, -0.25) is 4.79 Å². The van der Waals surface area contributed by atoms with E-state index in [1.165, 1.54) is 29.7 Å². The fourth-order valence-corrected chi connectivity index (χ4v) is 5.83. The Morgan fingerprint density at radius 2 is 1.79 bits per heavy atom. The highest BCUT2D eigenvalue weighted by atomic mass is 35.5. The van der Waals surface area contributed by atoms with Gasteiger partial charge in [0.1, 0.15) is 17.3 Å². The molecular weight excluding hydrogens is 468 g/mol. The summed E-state index contributed by atoms with van der Waals surface area (Å²) < 4.78 is 11.9. The molecule has 5 nitrogen and oxygen atoms in total. The molecule has 34 heavy (non-hydrogen) atoms. The lowest BCUT2D eigenvalue weighted by molar-refractivity contribution is 0.269. The lowest BCUT2D eigenvalue weighted by atomic mass is 9.98. The summed E-state index contributed by atoms with van der Waals surface area (Å²) in [7, 11) is 0. The second-order valence-electron chi connectivity index (χ2n) is 8.52.